The lowest BCUT2D eigenvalue weighted by molar-refractivity contribution is 0.231. The molecule has 0 aliphatic carbocycles. The van der Waals surface area contributed by atoms with E-state index in [1.807, 2.05) is 55.5 Å². The summed E-state index contributed by atoms with van der Waals surface area (Å²) in [6, 6.07) is 20.1. The Morgan fingerprint density at radius 1 is 1.00 bits per heavy atom. The Kier molecular flexibility index (Phi) is 3.87. The first-order valence-corrected chi connectivity index (χ1v) is 8.16. The predicted molar refractivity (Wildman–Crippen MR) is 92.2 cm³/mol. The zero-order chi connectivity index (χ0) is 16.4. The Morgan fingerprint density at radius 3 is 2.42 bits per heavy atom. The molecule has 1 aliphatic heterocycles. The molecule has 0 amide bonds. The summed E-state index contributed by atoms with van der Waals surface area (Å²) in [5.74, 6) is 1.88. The quantitative estimate of drug-likeness (QED) is 0.722. The summed E-state index contributed by atoms with van der Waals surface area (Å²) in [5.41, 5.74) is 3.04. The van der Waals surface area contributed by atoms with Crippen molar-refractivity contribution in [3.8, 4) is 23.1 Å². The van der Waals surface area contributed by atoms with E-state index in [0.717, 1.165) is 23.1 Å². The Bertz CT molecular complexity index is 835. The van der Waals surface area contributed by atoms with Gasteiger partial charge in [-0.3, -0.25) is 0 Å². The van der Waals surface area contributed by atoms with Crippen molar-refractivity contribution >= 4 is 0 Å². The minimum atomic E-state index is -0.0410. The fourth-order valence-corrected chi connectivity index (χ4v) is 2.90. The molecule has 0 fully saturated rings. The Hall–Kier alpha value is -2.88. The molecule has 4 heteroatoms. The molecule has 4 nitrogen and oxygen atoms in total. The van der Waals surface area contributed by atoms with E-state index in [1.165, 1.54) is 0 Å². The maximum absolute atomic E-state index is 6.11. The van der Waals surface area contributed by atoms with Gasteiger partial charge in [-0.1, -0.05) is 60.7 Å². The fraction of sp³-hybridized carbons (Fsp3) is 0.200. The van der Waals surface area contributed by atoms with Gasteiger partial charge in [0.25, 0.3) is 0 Å². The summed E-state index contributed by atoms with van der Waals surface area (Å²) in [5, 5.41) is 0. The van der Waals surface area contributed by atoms with Crippen LogP contribution in [0.25, 0.3) is 11.4 Å². The van der Waals surface area contributed by atoms with Gasteiger partial charge in [-0.15, -0.1) is 0 Å². The van der Waals surface area contributed by atoms with Crippen LogP contribution >= 0.6 is 0 Å². The molecule has 2 aromatic carbocycles. The molecule has 0 bridgehead atoms. The molecular weight excluding hydrogens is 300 g/mol. The molecule has 3 aromatic rings. The maximum atomic E-state index is 6.11. The number of fused-ring (bicyclic) bond motifs is 1. The summed E-state index contributed by atoms with van der Waals surface area (Å²) >= 11 is 0. The van der Waals surface area contributed by atoms with Crippen LogP contribution < -0.4 is 9.47 Å². The van der Waals surface area contributed by atoms with Crippen LogP contribution in [0.1, 0.15) is 24.2 Å². The average Bonchev–Trinajstić information content (AvgIpc) is 3.08. The van der Waals surface area contributed by atoms with Crippen LogP contribution in [0.15, 0.2) is 60.7 Å². The lowest BCUT2D eigenvalue weighted by Crippen LogP contribution is -2.03. The van der Waals surface area contributed by atoms with Crippen molar-refractivity contribution < 1.29 is 9.47 Å². The Labute approximate surface area is 141 Å². The van der Waals surface area contributed by atoms with Crippen molar-refractivity contribution in [1.29, 1.82) is 0 Å². The monoisotopic (exact) mass is 318 g/mol. The molecule has 0 N–H and O–H groups in total. The second-order valence-corrected chi connectivity index (χ2v) is 5.66. The highest BCUT2D eigenvalue weighted by atomic mass is 16.5. The van der Waals surface area contributed by atoms with E-state index in [9.17, 15) is 0 Å². The topological polar surface area (TPSA) is 44.2 Å². The zero-order valence-corrected chi connectivity index (χ0v) is 13.5. The van der Waals surface area contributed by atoms with E-state index in [0.29, 0.717) is 24.2 Å². The standard InChI is InChI=1S/C20H18N2O2/c1-2-23-19-16-13-17(14-9-5-3-6-10-14)24-20(16)22-18(21-19)15-11-7-4-8-12-15/h3-12,17H,2,13H2,1H3. The minimum absolute atomic E-state index is 0.0410. The first-order valence-electron chi connectivity index (χ1n) is 8.16. The van der Waals surface area contributed by atoms with Crippen molar-refractivity contribution in [3.63, 3.8) is 0 Å². The van der Waals surface area contributed by atoms with Crippen molar-refractivity contribution in [3.05, 3.63) is 71.8 Å². The predicted octanol–water partition coefficient (Wildman–Crippen LogP) is 4.22. The highest BCUT2D eigenvalue weighted by Gasteiger charge is 2.30. The summed E-state index contributed by atoms with van der Waals surface area (Å²) in [4.78, 5) is 9.25. The minimum Gasteiger partial charge on any atom is -0.478 e. The van der Waals surface area contributed by atoms with Crippen molar-refractivity contribution in [2.45, 2.75) is 19.4 Å². The Morgan fingerprint density at radius 2 is 1.71 bits per heavy atom. The summed E-state index contributed by atoms with van der Waals surface area (Å²) in [6.07, 6.45) is 0.685. The second-order valence-electron chi connectivity index (χ2n) is 5.66. The maximum Gasteiger partial charge on any atom is 0.224 e. The van der Waals surface area contributed by atoms with E-state index in [1.54, 1.807) is 0 Å². The van der Waals surface area contributed by atoms with Gasteiger partial charge < -0.3 is 9.47 Å². The first kappa shape index (κ1) is 14.7. The number of ether oxygens (including phenoxy) is 2. The number of aromatic nitrogens is 2. The molecule has 0 radical (unpaired) electrons. The molecule has 1 aromatic heterocycles. The molecule has 1 atom stereocenters. The Balaban J connectivity index is 1.74. The molecule has 0 spiro atoms. The molecule has 0 saturated heterocycles. The van der Waals surface area contributed by atoms with Crippen molar-refractivity contribution in [2.24, 2.45) is 0 Å². The number of hydrogen-bond donors (Lipinski definition) is 0. The molecule has 2 heterocycles. The van der Waals surface area contributed by atoms with Crippen LogP contribution in [-0.2, 0) is 6.42 Å². The highest BCUT2D eigenvalue weighted by molar-refractivity contribution is 5.58. The van der Waals surface area contributed by atoms with Gasteiger partial charge in [0.05, 0.1) is 12.2 Å². The highest BCUT2D eigenvalue weighted by Crippen LogP contribution is 2.40. The van der Waals surface area contributed by atoms with E-state index in [-0.39, 0.29) is 6.10 Å². The third-order valence-corrected chi connectivity index (χ3v) is 4.06. The van der Waals surface area contributed by atoms with Gasteiger partial charge >= 0.3 is 0 Å². The molecule has 0 saturated carbocycles. The van der Waals surface area contributed by atoms with E-state index < -0.39 is 0 Å². The van der Waals surface area contributed by atoms with Gasteiger partial charge in [-0.2, -0.15) is 9.97 Å². The molecule has 120 valence electrons. The van der Waals surface area contributed by atoms with Crippen LogP contribution in [0.3, 0.4) is 0 Å². The smallest absolute Gasteiger partial charge is 0.224 e. The van der Waals surface area contributed by atoms with Gasteiger partial charge in [0, 0.05) is 12.0 Å². The van der Waals surface area contributed by atoms with Crippen LogP contribution in [0.5, 0.6) is 11.8 Å². The van der Waals surface area contributed by atoms with Gasteiger partial charge in [0.2, 0.25) is 11.8 Å². The van der Waals surface area contributed by atoms with E-state index in [4.69, 9.17) is 9.47 Å². The van der Waals surface area contributed by atoms with E-state index in [2.05, 4.69) is 22.1 Å². The fourth-order valence-electron chi connectivity index (χ4n) is 2.90. The molecule has 1 aliphatic rings. The largest absolute Gasteiger partial charge is 0.478 e. The van der Waals surface area contributed by atoms with Crippen molar-refractivity contribution in [2.75, 3.05) is 6.61 Å². The molecule has 4 rings (SSSR count). The number of benzene rings is 2. The van der Waals surface area contributed by atoms with Gasteiger partial charge in [0.15, 0.2) is 5.82 Å². The van der Waals surface area contributed by atoms with Gasteiger partial charge in [-0.05, 0) is 12.5 Å². The van der Waals surface area contributed by atoms with Crippen LogP contribution in [0, 0.1) is 0 Å². The van der Waals surface area contributed by atoms with Crippen LogP contribution in [0.4, 0.5) is 0 Å². The SMILES string of the molecule is CCOc1nc(-c2ccccc2)nc2c1CC(c1ccccc1)O2. The lowest BCUT2D eigenvalue weighted by atomic mass is 10.0. The summed E-state index contributed by atoms with van der Waals surface area (Å²) < 4.78 is 11.9. The zero-order valence-electron chi connectivity index (χ0n) is 13.5. The third kappa shape index (κ3) is 2.71. The third-order valence-electron chi connectivity index (χ3n) is 4.06. The lowest BCUT2D eigenvalue weighted by Gasteiger charge is -2.10. The number of nitrogens with zero attached hydrogens (tertiary/aromatic N) is 2. The molecule has 1 unspecified atom stereocenters. The number of rotatable bonds is 4. The number of hydrogen-bond acceptors (Lipinski definition) is 4. The molecular formula is C20H18N2O2. The summed E-state index contributed by atoms with van der Waals surface area (Å²) in [6.45, 7) is 2.52. The molecule has 24 heavy (non-hydrogen) atoms. The second kappa shape index (κ2) is 6.32. The average molecular weight is 318 g/mol. The summed E-state index contributed by atoms with van der Waals surface area (Å²) in [7, 11) is 0. The van der Waals surface area contributed by atoms with Crippen molar-refractivity contribution in [1.82, 2.24) is 9.97 Å². The van der Waals surface area contributed by atoms with Crippen LogP contribution in [-0.4, -0.2) is 16.6 Å². The van der Waals surface area contributed by atoms with Gasteiger partial charge in [0.1, 0.15) is 6.10 Å². The normalized spacial score (nSPS) is 15.6. The van der Waals surface area contributed by atoms with Crippen LogP contribution in [0.2, 0.25) is 0 Å². The van der Waals surface area contributed by atoms with E-state index >= 15 is 0 Å². The van der Waals surface area contributed by atoms with Gasteiger partial charge in [-0.25, -0.2) is 0 Å². The first-order chi connectivity index (χ1) is 11.8.